The Morgan fingerprint density at radius 1 is 0.293 bits per heavy atom. The average Bonchev–Trinajstić information content (AvgIpc) is 1.63. The number of anilines is 7. The molecule has 14 aliphatic rings. The van der Waals surface area contributed by atoms with Gasteiger partial charge in [0.1, 0.15) is 29.1 Å². The minimum Gasteiger partial charge on any atom is -0.378 e. The van der Waals surface area contributed by atoms with Crippen LogP contribution in [0.2, 0.25) is 0 Å². The molecule has 17 nitrogen and oxygen atoms in total. The summed E-state index contributed by atoms with van der Waals surface area (Å²) in [5, 5.41) is 47.3. The molecule has 5 aliphatic carbocycles. The lowest BCUT2D eigenvalue weighted by molar-refractivity contribution is -0.385. The number of thiophene rings is 1. The summed E-state index contributed by atoms with van der Waals surface area (Å²) in [6.45, 7) is 14.1. The number of hydrogen-bond acceptors (Lipinski definition) is 16. The summed E-state index contributed by atoms with van der Waals surface area (Å²) in [6.07, 6.45) is 38.1. The molecule has 150 heavy (non-hydrogen) atoms. The molecule has 0 spiro atoms. The molecule has 12 heterocycles. The van der Waals surface area contributed by atoms with Crippen molar-refractivity contribution < 1.29 is 41.3 Å². The largest absolute Gasteiger partial charge is 0.378 e. The number of halogens is 5. The summed E-state index contributed by atoms with van der Waals surface area (Å²) in [5.41, 5.74) is 28.4. The number of rotatable bonds is 9. The fourth-order valence-electron chi connectivity index (χ4n) is 25.8. The van der Waals surface area contributed by atoms with E-state index in [2.05, 4.69) is 271 Å². The van der Waals surface area contributed by atoms with Gasteiger partial charge in [0, 0.05) is 164 Å². The normalized spacial score (nSPS) is 26.1. The van der Waals surface area contributed by atoms with Gasteiger partial charge in [0.2, 0.25) is 0 Å². The van der Waals surface area contributed by atoms with Crippen molar-refractivity contribution in [3.63, 3.8) is 0 Å². The van der Waals surface area contributed by atoms with Crippen molar-refractivity contribution in [2.45, 2.75) is 177 Å². The summed E-state index contributed by atoms with van der Waals surface area (Å²) in [7, 11) is 0. The van der Waals surface area contributed by atoms with Crippen LogP contribution in [0.1, 0.15) is 245 Å². The van der Waals surface area contributed by atoms with Crippen LogP contribution in [0.25, 0.3) is 0 Å². The molecule has 7 N–H and O–H groups in total. The van der Waals surface area contributed by atoms with Gasteiger partial charge in [-0.15, -0.1) is 11.3 Å². The van der Waals surface area contributed by atoms with E-state index in [1.54, 1.807) is 60.7 Å². The van der Waals surface area contributed by atoms with Gasteiger partial charge in [-0.1, -0.05) is 193 Å². The van der Waals surface area contributed by atoms with Crippen molar-refractivity contribution in [3.05, 3.63) is 500 Å². The zero-order chi connectivity index (χ0) is 103. The minimum atomic E-state index is -0.322. The van der Waals surface area contributed by atoms with Crippen LogP contribution in [0.15, 0.2) is 340 Å². The van der Waals surface area contributed by atoms with Crippen LogP contribution in [0.3, 0.4) is 0 Å². The maximum absolute atomic E-state index is 13.6. The first-order valence-corrected chi connectivity index (χ1v) is 53.4. The van der Waals surface area contributed by atoms with Crippen molar-refractivity contribution in [2.75, 3.05) is 50.4 Å². The van der Waals surface area contributed by atoms with E-state index in [0.29, 0.717) is 65.2 Å². The predicted molar refractivity (Wildman–Crippen MR) is 588 cm³/mol. The molecule has 762 valence electrons. The molecular formula is C127H122F5N11O6S. The molecule has 23 heteroatoms. The minimum absolute atomic E-state index is 0.00228. The maximum atomic E-state index is 13.6. The van der Waals surface area contributed by atoms with Crippen LogP contribution in [0.5, 0.6) is 0 Å². The van der Waals surface area contributed by atoms with Crippen LogP contribution in [-0.4, -0.2) is 33.0 Å². The molecule has 14 aromatic rings. The lowest BCUT2D eigenvalue weighted by atomic mass is 9.77. The molecule has 21 unspecified atom stereocenters. The number of fused-ring (bicyclic) bond motifs is 21. The van der Waals surface area contributed by atoms with Gasteiger partial charge in [0.15, 0.2) is 0 Å². The number of aryl methyl sites for hydroxylation is 6. The van der Waals surface area contributed by atoms with Crippen molar-refractivity contribution in [3.8, 4) is 0 Å². The second-order valence-corrected chi connectivity index (χ2v) is 43.7. The molecule has 28 rings (SSSR count). The topological polar surface area (TPSA) is 215 Å². The van der Waals surface area contributed by atoms with Gasteiger partial charge >= 0.3 is 0 Å². The number of aromatic nitrogens is 2. The van der Waals surface area contributed by atoms with E-state index in [0.717, 1.165) is 143 Å². The molecule has 21 atom stereocenters. The third-order valence-electron chi connectivity index (χ3n) is 32.7. The number of pyridine rings is 2. The Hall–Kier alpha value is -14.9. The summed E-state index contributed by atoms with van der Waals surface area (Å²) in [6, 6.07) is 82.1. The summed E-state index contributed by atoms with van der Waals surface area (Å²) < 4.78 is 79.8. The van der Waals surface area contributed by atoms with Gasteiger partial charge in [-0.25, -0.2) is 22.0 Å². The van der Waals surface area contributed by atoms with Crippen LogP contribution < -0.4 is 37.2 Å². The summed E-state index contributed by atoms with van der Waals surface area (Å²) >= 11 is 1.86. The first kappa shape index (κ1) is 99.7. The van der Waals surface area contributed by atoms with Gasteiger partial charge in [-0.2, -0.15) is 0 Å². The maximum Gasteiger partial charge on any atom is 0.269 e. The first-order valence-electron chi connectivity index (χ1n) is 52.6. The van der Waals surface area contributed by atoms with Crippen LogP contribution in [0, 0.1) is 132 Å². The average molecular weight is 2030 g/mol. The van der Waals surface area contributed by atoms with E-state index < -0.39 is 0 Å². The Balaban J connectivity index is 0.0000000989. The molecule has 2 saturated heterocycles. The molecular weight excluding hydrogens is 1900 g/mol. The van der Waals surface area contributed by atoms with E-state index in [4.69, 9.17) is 9.47 Å². The fourth-order valence-corrected chi connectivity index (χ4v) is 26.8. The lowest BCUT2D eigenvalue weighted by Gasteiger charge is -2.43. The van der Waals surface area contributed by atoms with Gasteiger partial charge in [0.05, 0.1) is 64.3 Å². The summed E-state index contributed by atoms with van der Waals surface area (Å²) in [4.78, 5) is 32.8. The van der Waals surface area contributed by atoms with E-state index in [9.17, 15) is 42.2 Å². The lowest BCUT2D eigenvalue weighted by Crippen LogP contribution is -2.36. The Morgan fingerprint density at radius 3 is 0.960 bits per heavy atom. The second-order valence-electron chi connectivity index (χ2n) is 42.4. The molecule has 0 amide bonds. The Bertz CT molecular complexity index is 7370. The molecule has 11 aromatic carbocycles. The SMILES string of the molecule is Cc1ccc(C2Nc3ccc(F)cc3C3C=CCC32)s1.Cc1cccc(C2Nc3ccc(F)cc3C3OCCC23)c1.Cc1cccc(C2Nc3ccc(F)cc3C3OCCCC23)c1.Cc1cccc(C2Nc3ccc([N+](=O)[O-])cc3C3C=CCC32)c1.Cc1cncc(C2Nc3ccc(F)cc3C3C=CCC32)c1.Cc1cncc(C2Nc3ccc(F)cc3C3C=CCC32)c1.O=[N+]([O-])c1ccc2c(c1)C1C=CCC1C(c1ccccc1)N2. The molecule has 9 aliphatic heterocycles. The Labute approximate surface area is 876 Å². The highest BCUT2D eigenvalue weighted by atomic mass is 32.1. The smallest absolute Gasteiger partial charge is 0.269 e. The highest BCUT2D eigenvalue weighted by molar-refractivity contribution is 7.12. The standard InChI is InChI=1S/C19H20FNO.C19H18N2O2.2C18H17FN2.C18H18FNO.C18H16N2O2.C17H16FNS/c1-12-4-2-5-13(10-12)18-15-6-3-9-22-19(15)16-11-14(20)7-8-17(16)21-18;1-12-4-2-5-13(10-12)19-16-7-3-6-15(16)17-11-14(21(22)23)8-9-18(17)20-19;2*1-11-7-12(10-20-9-11)18-15-4-2-3-14(15)16-8-13(19)5-6-17(16)21-18;1-11-3-2-4-12(9-11)17-14-7-8-21-18(14)15-10-13(19)5-6-16(15)20-17;21-20(22)13-9-10-17-16(11-13)14-7-4-8-15(14)18(19-17)12-5-2-1-3-6-12;1-10-5-8-16(20-10)17-13-4-2-3-12(13)14-9-11(18)6-7-15(14)19-17/h2,4-5,7-8,10-11,15,18-19,21H,3,6,9H2,1H3;2-6,8-11,15-16,19-20H,7H2,1H3;2*2-3,5-10,14-15,18,21H,4H2,1H3;2-6,9-10,14,17-18,20H,7-8H2,1H3;1-7,9-11,14-15,18-19H,8H2;2-3,5-9,12-13,17,19H,4H2,1H3. The van der Waals surface area contributed by atoms with E-state index in [1.165, 1.54) is 95.2 Å². The first-order chi connectivity index (χ1) is 73.0. The van der Waals surface area contributed by atoms with Gasteiger partial charge in [-0.3, -0.25) is 30.2 Å². The Morgan fingerprint density at radius 2 is 0.600 bits per heavy atom. The number of allylic oxidation sites excluding steroid dienone is 10. The third kappa shape index (κ3) is 20.8. The number of nitro groups is 2. The number of hydrogen-bond donors (Lipinski definition) is 7. The number of benzene rings is 11. The van der Waals surface area contributed by atoms with Crippen LogP contribution >= 0.6 is 11.3 Å². The molecule has 0 bridgehead atoms. The zero-order valence-electron chi connectivity index (χ0n) is 84.6. The number of nitrogens with zero attached hydrogens (tertiary/aromatic N) is 4. The van der Waals surface area contributed by atoms with Crippen molar-refractivity contribution in [1.29, 1.82) is 0 Å². The van der Waals surface area contributed by atoms with Crippen LogP contribution in [-0.2, 0) is 9.47 Å². The van der Waals surface area contributed by atoms with Gasteiger partial charge < -0.3 is 46.7 Å². The second kappa shape index (κ2) is 43.3. The van der Waals surface area contributed by atoms with Crippen molar-refractivity contribution >= 4 is 62.5 Å². The number of nitro benzene ring substituents is 2. The third-order valence-corrected chi connectivity index (χ3v) is 33.7. The van der Waals surface area contributed by atoms with Crippen molar-refractivity contribution in [1.82, 2.24) is 9.97 Å². The number of nitrogens with one attached hydrogen (secondary N) is 7. The van der Waals surface area contributed by atoms with Gasteiger partial charge in [-0.05, 0) is 310 Å². The van der Waals surface area contributed by atoms with E-state index in [1.807, 2.05) is 84.7 Å². The molecule has 3 aromatic heterocycles. The van der Waals surface area contributed by atoms with Crippen LogP contribution in [0.4, 0.5) is 73.1 Å². The van der Waals surface area contributed by atoms with Crippen molar-refractivity contribution in [2.24, 2.45) is 41.4 Å². The van der Waals surface area contributed by atoms with E-state index >= 15 is 0 Å². The number of ether oxygens (including phenoxy) is 2. The molecule has 0 radical (unpaired) electrons. The molecule has 2 fully saturated rings. The number of non-ortho nitro benzene ring substituents is 2. The predicted octanol–water partition coefficient (Wildman–Crippen LogP) is 32.0. The highest BCUT2D eigenvalue weighted by Gasteiger charge is 2.48. The highest BCUT2D eigenvalue weighted by Crippen LogP contribution is 2.59. The zero-order valence-corrected chi connectivity index (χ0v) is 85.4. The Kier molecular flexibility index (Phi) is 28.8. The van der Waals surface area contributed by atoms with Gasteiger partial charge in [0.25, 0.3) is 11.4 Å². The monoisotopic (exact) mass is 2020 g/mol. The molecule has 0 saturated carbocycles. The summed E-state index contributed by atoms with van der Waals surface area (Å²) in [5.74, 6) is 3.48. The quantitative estimate of drug-likeness (QED) is 0.0310. The van der Waals surface area contributed by atoms with E-state index in [-0.39, 0.29) is 111 Å². The fraction of sp³-hybridized carbons (Fsp3) is 0.291.